The Bertz CT molecular complexity index is 937. The lowest BCUT2D eigenvalue weighted by Gasteiger charge is -2.45. The van der Waals surface area contributed by atoms with Gasteiger partial charge in [0, 0.05) is 12.6 Å². The van der Waals surface area contributed by atoms with Gasteiger partial charge < -0.3 is 9.64 Å². The van der Waals surface area contributed by atoms with Crippen LogP contribution in [0.3, 0.4) is 0 Å². The molecule has 3 aliphatic heterocycles. The molecule has 1 saturated heterocycles. The molecule has 0 saturated carbocycles. The molecule has 0 amide bonds. The summed E-state index contributed by atoms with van der Waals surface area (Å²) in [5, 5.41) is 0. The largest absolute Gasteiger partial charge is 0.466 e. The van der Waals surface area contributed by atoms with E-state index in [2.05, 4.69) is 65.3 Å². The molecule has 2 aromatic carbocycles. The van der Waals surface area contributed by atoms with Crippen LogP contribution in [0.5, 0.6) is 0 Å². The average molecular weight is 419 g/mol. The van der Waals surface area contributed by atoms with Gasteiger partial charge in [-0.05, 0) is 81.4 Å². The predicted molar refractivity (Wildman–Crippen MR) is 123 cm³/mol. The molecule has 3 heterocycles. The number of carbonyl (C=O) groups is 1. The molecule has 5 rings (SSSR count). The third-order valence-corrected chi connectivity index (χ3v) is 7.83. The van der Waals surface area contributed by atoms with Crippen LogP contribution in [0.1, 0.15) is 61.4 Å². The van der Waals surface area contributed by atoms with Crippen molar-refractivity contribution in [1.29, 1.82) is 0 Å². The SMILES string of the molecule is CCOC(=O)C1CCN(CCCN2C3Cc4ccccc4C2(C)c2ccccc23)CC1. The summed E-state index contributed by atoms with van der Waals surface area (Å²) in [6.45, 7) is 9.02. The van der Waals surface area contributed by atoms with E-state index >= 15 is 0 Å². The fraction of sp³-hybridized carbons (Fsp3) is 0.519. The highest BCUT2D eigenvalue weighted by molar-refractivity contribution is 5.72. The van der Waals surface area contributed by atoms with Crippen LogP contribution in [0, 0.1) is 5.92 Å². The minimum atomic E-state index is -0.0347. The summed E-state index contributed by atoms with van der Waals surface area (Å²) in [7, 11) is 0. The van der Waals surface area contributed by atoms with Gasteiger partial charge in [-0.1, -0.05) is 48.5 Å². The molecule has 2 unspecified atom stereocenters. The van der Waals surface area contributed by atoms with E-state index in [1.165, 1.54) is 22.3 Å². The fourth-order valence-electron chi connectivity index (χ4n) is 6.26. The molecule has 4 nitrogen and oxygen atoms in total. The lowest BCUT2D eigenvalue weighted by molar-refractivity contribution is -0.149. The summed E-state index contributed by atoms with van der Waals surface area (Å²) in [5.74, 6) is 0.0930. The van der Waals surface area contributed by atoms with Crippen molar-refractivity contribution in [1.82, 2.24) is 9.80 Å². The second-order valence-electron chi connectivity index (χ2n) is 9.45. The molecule has 0 aliphatic carbocycles. The van der Waals surface area contributed by atoms with E-state index in [9.17, 15) is 4.79 Å². The number of piperidine rings is 1. The molecule has 0 radical (unpaired) electrons. The zero-order valence-electron chi connectivity index (χ0n) is 18.8. The maximum absolute atomic E-state index is 12.0. The molecule has 31 heavy (non-hydrogen) atoms. The number of ether oxygens (including phenoxy) is 1. The first-order valence-corrected chi connectivity index (χ1v) is 12.0. The summed E-state index contributed by atoms with van der Waals surface area (Å²) < 4.78 is 5.21. The van der Waals surface area contributed by atoms with Gasteiger partial charge >= 0.3 is 5.97 Å². The number of carbonyl (C=O) groups excluding carboxylic acids is 1. The van der Waals surface area contributed by atoms with Crippen molar-refractivity contribution >= 4 is 5.97 Å². The monoisotopic (exact) mass is 418 g/mol. The van der Waals surface area contributed by atoms with Crippen LogP contribution in [-0.2, 0) is 21.5 Å². The molecule has 2 aromatic rings. The highest BCUT2D eigenvalue weighted by Crippen LogP contribution is 2.55. The summed E-state index contributed by atoms with van der Waals surface area (Å²) in [5.41, 5.74) is 5.94. The zero-order valence-corrected chi connectivity index (χ0v) is 18.8. The summed E-state index contributed by atoms with van der Waals surface area (Å²) in [6, 6.07) is 18.6. The first-order valence-electron chi connectivity index (χ1n) is 12.0. The van der Waals surface area contributed by atoms with Gasteiger partial charge in [0.15, 0.2) is 0 Å². The maximum atomic E-state index is 12.0. The van der Waals surface area contributed by atoms with Crippen LogP contribution < -0.4 is 0 Å². The molecule has 0 spiro atoms. The Morgan fingerprint density at radius 3 is 2.52 bits per heavy atom. The summed E-state index contributed by atoms with van der Waals surface area (Å²) in [6.07, 6.45) is 4.13. The van der Waals surface area contributed by atoms with Gasteiger partial charge in [-0.15, -0.1) is 0 Å². The van der Waals surface area contributed by atoms with Crippen molar-refractivity contribution < 1.29 is 9.53 Å². The molecule has 0 N–H and O–H groups in total. The first kappa shape index (κ1) is 20.7. The molecule has 2 atom stereocenters. The van der Waals surface area contributed by atoms with Crippen LogP contribution in [0.2, 0.25) is 0 Å². The molecular formula is C27H34N2O2. The Hall–Kier alpha value is -2.17. The Morgan fingerprint density at radius 2 is 1.74 bits per heavy atom. The molecule has 0 aromatic heterocycles. The predicted octanol–water partition coefficient (Wildman–Crippen LogP) is 4.53. The Morgan fingerprint density at radius 1 is 1.03 bits per heavy atom. The molecular weight excluding hydrogens is 384 g/mol. The highest BCUT2D eigenvalue weighted by atomic mass is 16.5. The lowest BCUT2D eigenvalue weighted by Crippen LogP contribution is -2.46. The first-order chi connectivity index (χ1) is 15.1. The average Bonchev–Trinajstić information content (AvgIpc) is 2.97. The number of fused-ring (bicyclic) bond motifs is 7. The molecule has 4 heteroatoms. The quantitative estimate of drug-likeness (QED) is 0.646. The molecule has 3 aliphatic rings. The van der Waals surface area contributed by atoms with E-state index in [-0.39, 0.29) is 17.4 Å². The van der Waals surface area contributed by atoms with E-state index in [0.717, 1.165) is 51.9 Å². The smallest absolute Gasteiger partial charge is 0.309 e. The van der Waals surface area contributed by atoms with Gasteiger partial charge in [-0.2, -0.15) is 0 Å². The van der Waals surface area contributed by atoms with Crippen molar-refractivity contribution in [3.05, 3.63) is 70.8 Å². The summed E-state index contributed by atoms with van der Waals surface area (Å²) in [4.78, 5) is 17.3. The third-order valence-electron chi connectivity index (χ3n) is 7.83. The van der Waals surface area contributed by atoms with E-state index in [1.54, 1.807) is 0 Å². The van der Waals surface area contributed by atoms with Crippen LogP contribution in [0.15, 0.2) is 48.5 Å². The van der Waals surface area contributed by atoms with Crippen LogP contribution in [-0.4, -0.2) is 48.6 Å². The molecule has 2 bridgehead atoms. The Balaban J connectivity index is 1.26. The van der Waals surface area contributed by atoms with Crippen molar-refractivity contribution in [3.63, 3.8) is 0 Å². The molecule has 164 valence electrons. The lowest BCUT2D eigenvalue weighted by atomic mass is 9.80. The van der Waals surface area contributed by atoms with Crippen LogP contribution in [0.4, 0.5) is 0 Å². The van der Waals surface area contributed by atoms with Gasteiger partial charge in [0.05, 0.1) is 18.1 Å². The van der Waals surface area contributed by atoms with E-state index in [4.69, 9.17) is 4.74 Å². The Labute approximate surface area is 186 Å². The van der Waals surface area contributed by atoms with Gasteiger partial charge in [-0.25, -0.2) is 0 Å². The normalized spacial score (nSPS) is 25.8. The van der Waals surface area contributed by atoms with Crippen molar-refractivity contribution in [2.24, 2.45) is 5.92 Å². The topological polar surface area (TPSA) is 32.8 Å². The van der Waals surface area contributed by atoms with Crippen LogP contribution >= 0.6 is 0 Å². The highest BCUT2D eigenvalue weighted by Gasteiger charge is 2.51. The van der Waals surface area contributed by atoms with E-state index in [1.807, 2.05) is 6.92 Å². The Kier molecular flexibility index (Phi) is 5.61. The molecule has 1 fully saturated rings. The standard InChI is InChI=1S/C27H34N2O2/c1-3-31-26(30)20-13-17-28(18-14-20)15-8-16-29-25-19-21-9-4-6-11-23(21)27(29,2)24-12-7-5-10-22(24)25/h4-7,9-12,20,25H,3,8,13-19H2,1-2H3. The van der Waals surface area contributed by atoms with Crippen molar-refractivity contribution in [2.75, 3.05) is 32.8 Å². The van der Waals surface area contributed by atoms with Crippen molar-refractivity contribution in [2.45, 2.75) is 51.1 Å². The van der Waals surface area contributed by atoms with E-state index in [0.29, 0.717) is 12.6 Å². The van der Waals surface area contributed by atoms with Crippen molar-refractivity contribution in [3.8, 4) is 0 Å². The minimum Gasteiger partial charge on any atom is -0.466 e. The minimum absolute atomic E-state index is 0.00334. The van der Waals surface area contributed by atoms with Crippen LogP contribution in [0.25, 0.3) is 0 Å². The third kappa shape index (κ3) is 3.50. The second-order valence-corrected chi connectivity index (χ2v) is 9.45. The van der Waals surface area contributed by atoms with Gasteiger partial charge in [0.1, 0.15) is 0 Å². The maximum Gasteiger partial charge on any atom is 0.309 e. The van der Waals surface area contributed by atoms with E-state index < -0.39 is 0 Å². The number of likely N-dealkylation sites (tertiary alicyclic amines) is 1. The number of hydrogen-bond donors (Lipinski definition) is 0. The second kappa shape index (κ2) is 8.40. The number of hydrogen-bond acceptors (Lipinski definition) is 4. The van der Waals surface area contributed by atoms with Gasteiger partial charge in [0.25, 0.3) is 0 Å². The zero-order chi connectivity index (χ0) is 21.4. The van der Waals surface area contributed by atoms with Gasteiger partial charge in [-0.3, -0.25) is 9.69 Å². The number of rotatable bonds is 6. The summed E-state index contributed by atoms with van der Waals surface area (Å²) >= 11 is 0. The number of nitrogens with zero attached hydrogens (tertiary/aromatic N) is 2. The number of esters is 1. The fourth-order valence-corrected chi connectivity index (χ4v) is 6.26. The van der Waals surface area contributed by atoms with Gasteiger partial charge in [0.2, 0.25) is 0 Å². The number of benzene rings is 2.